The van der Waals surface area contributed by atoms with Crippen molar-refractivity contribution in [1.82, 2.24) is 4.98 Å². The lowest BCUT2D eigenvalue weighted by Gasteiger charge is -2.33. The zero-order valence-corrected chi connectivity index (χ0v) is 15.7. The number of fused-ring (bicyclic) bond motifs is 1. The largest absolute Gasteiger partial charge is 0.466 e. The number of hydrogen-bond acceptors (Lipinski definition) is 5. The van der Waals surface area contributed by atoms with Gasteiger partial charge in [0.15, 0.2) is 0 Å². The van der Waals surface area contributed by atoms with Crippen LogP contribution in [0, 0.1) is 5.92 Å². The van der Waals surface area contributed by atoms with Crippen LogP contribution in [0.25, 0.3) is 21.5 Å². The predicted octanol–water partition coefficient (Wildman–Crippen LogP) is 4.74. The number of hydrogen-bond donors (Lipinski definition) is 0. The Balaban J connectivity index is 1.62. The number of thiophene rings is 1. The summed E-state index contributed by atoms with van der Waals surface area (Å²) in [6, 6.07) is 14.6. The number of esters is 1. The van der Waals surface area contributed by atoms with Gasteiger partial charge in [-0.15, -0.1) is 11.3 Å². The monoisotopic (exact) mass is 366 g/mol. The summed E-state index contributed by atoms with van der Waals surface area (Å²) < 4.78 is 5.19. The Bertz CT molecular complexity index is 899. The molecule has 1 aromatic carbocycles. The van der Waals surface area contributed by atoms with E-state index in [4.69, 9.17) is 9.72 Å². The lowest BCUT2D eigenvalue weighted by atomic mass is 9.96. The minimum absolute atomic E-state index is 0.0274. The first kappa shape index (κ1) is 17.0. The van der Waals surface area contributed by atoms with Gasteiger partial charge in [0.1, 0.15) is 4.83 Å². The van der Waals surface area contributed by atoms with E-state index in [1.54, 1.807) is 11.3 Å². The van der Waals surface area contributed by atoms with Gasteiger partial charge in [0, 0.05) is 29.7 Å². The molecule has 1 saturated heterocycles. The van der Waals surface area contributed by atoms with Crippen LogP contribution in [0.2, 0.25) is 0 Å². The van der Waals surface area contributed by atoms with Gasteiger partial charge in [0.2, 0.25) is 0 Å². The van der Waals surface area contributed by atoms with Crippen LogP contribution >= 0.6 is 11.3 Å². The van der Waals surface area contributed by atoms with Crippen LogP contribution in [0.3, 0.4) is 0 Å². The van der Waals surface area contributed by atoms with E-state index in [1.165, 1.54) is 11.1 Å². The first-order valence-corrected chi connectivity index (χ1v) is 9.99. The van der Waals surface area contributed by atoms with Gasteiger partial charge >= 0.3 is 5.97 Å². The Hall–Kier alpha value is -2.40. The Labute approximate surface area is 157 Å². The Morgan fingerprint density at radius 3 is 2.73 bits per heavy atom. The smallest absolute Gasteiger partial charge is 0.309 e. The average Bonchev–Trinajstić information content (AvgIpc) is 3.17. The third-order valence-electron chi connectivity index (χ3n) is 4.94. The molecular formula is C21H22N2O2S. The molecule has 3 heterocycles. The van der Waals surface area contributed by atoms with Gasteiger partial charge in [-0.25, -0.2) is 4.98 Å². The van der Waals surface area contributed by atoms with Crippen molar-refractivity contribution in [2.24, 2.45) is 5.92 Å². The molecule has 1 aliphatic heterocycles. The maximum atomic E-state index is 12.0. The second-order valence-electron chi connectivity index (χ2n) is 6.55. The summed E-state index contributed by atoms with van der Waals surface area (Å²) in [5.41, 5.74) is 3.35. The van der Waals surface area contributed by atoms with Crippen LogP contribution in [0.1, 0.15) is 19.8 Å². The highest BCUT2D eigenvalue weighted by molar-refractivity contribution is 7.16. The van der Waals surface area contributed by atoms with Gasteiger partial charge in [-0.3, -0.25) is 4.79 Å². The minimum Gasteiger partial charge on any atom is -0.466 e. The summed E-state index contributed by atoms with van der Waals surface area (Å²) in [4.78, 5) is 20.3. The van der Waals surface area contributed by atoms with Gasteiger partial charge in [0.25, 0.3) is 0 Å². The molecule has 0 atom stereocenters. The van der Waals surface area contributed by atoms with Crippen LogP contribution < -0.4 is 4.90 Å². The summed E-state index contributed by atoms with van der Waals surface area (Å²) >= 11 is 1.67. The molecule has 26 heavy (non-hydrogen) atoms. The molecule has 0 bridgehead atoms. The highest BCUT2D eigenvalue weighted by Crippen LogP contribution is 2.35. The summed E-state index contributed by atoms with van der Waals surface area (Å²) in [5.74, 6) is -0.0212. The van der Waals surface area contributed by atoms with Crippen molar-refractivity contribution in [2.75, 3.05) is 24.6 Å². The zero-order chi connectivity index (χ0) is 17.9. The van der Waals surface area contributed by atoms with Crippen LogP contribution in [0.15, 0.2) is 47.8 Å². The molecule has 2 aromatic heterocycles. The van der Waals surface area contributed by atoms with E-state index in [2.05, 4.69) is 34.5 Å². The third-order valence-corrected chi connectivity index (χ3v) is 5.75. The molecule has 0 unspecified atom stereocenters. The standard InChI is InChI=1S/C21H22N2O2S/c1-2-25-21(24)16-8-11-23(12-9-16)19-14-18(15-6-4-3-5-7-15)22-20-17(19)10-13-26-20/h3-7,10,13-14,16H,2,8-9,11-12H2,1H3. The number of piperidine rings is 1. The van der Waals surface area contributed by atoms with E-state index in [9.17, 15) is 4.79 Å². The fraction of sp³-hybridized carbons (Fsp3) is 0.333. The van der Waals surface area contributed by atoms with Gasteiger partial charge in [-0.2, -0.15) is 0 Å². The van der Waals surface area contributed by atoms with E-state index in [0.29, 0.717) is 6.61 Å². The Morgan fingerprint density at radius 2 is 2.00 bits per heavy atom. The Morgan fingerprint density at radius 1 is 1.23 bits per heavy atom. The lowest BCUT2D eigenvalue weighted by Crippen LogP contribution is -2.37. The molecule has 134 valence electrons. The first-order valence-electron chi connectivity index (χ1n) is 9.11. The quantitative estimate of drug-likeness (QED) is 0.625. The number of carbonyl (C=O) groups excluding carboxylic acids is 1. The fourth-order valence-corrected chi connectivity index (χ4v) is 4.35. The number of pyridine rings is 1. The summed E-state index contributed by atoms with van der Waals surface area (Å²) in [6.07, 6.45) is 1.68. The lowest BCUT2D eigenvalue weighted by molar-refractivity contribution is -0.148. The molecule has 4 nitrogen and oxygen atoms in total. The second kappa shape index (κ2) is 7.46. The third kappa shape index (κ3) is 3.31. The van der Waals surface area contributed by atoms with E-state index in [1.807, 2.05) is 25.1 Å². The maximum absolute atomic E-state index is 12.0. The summed E-state index contributed by atoms with van der Waals surface area (Å²) in [5, 5.41) is 3.30. The zero-order valence-electron chi connectivity index (χ0n) is 14.9. The number of rotatable bonds is 4. The summed E-state index contributed by atoms with van der Waals surface area (Å²) in [6.45, 7) is 4.06. The summed E-state index contributed by atoms with van der Waals surface area (Å²) in [7, 11) is 0. The van der Waals surface area contributed by atoms with E-state index in [0.717, 1.165) is 42.0 Å². The van der Waals surface area contributed by atoms with Gasteiger partial charge in [0.05, 0.1) is 18.2 Å². The van der Waals surface area contributed by atoms with Crippen molar-refractivity contribution in [1.29, 1.82) is 0 Å². The highest BCUT2D eigenvalue weighted by atomic mass is 32.1. The molecule has 0 amide bonds. The molecule has 0 radical (unpaired) electrons. The van der Waals surface area contributed by atoms with Crippen molar-refractivity contribution >= 4 is 33.2 Å². The van der Waals surface area contributed by atoms with E-state index >= 15 is 0 Å². The molecule has 0 N–H and O–H groups in total. The first-order chi connectivity index (χ1) is 12.8. The molecule has 1 aliphatic rings. The van der Waals surface area contributed by atoms with Gasteiger partial charge in [-0.1, -0.05) is 30.3 Å². The van der Waals surface area contributed by atoms with E-state index < -0.39 is 0 Å². The van der Waals surface area contributed by atoms with Crippen LogP contribution in [-0.4, -0.2) is 30.6 Å². The molecule has 0 spiro atoms. The molecule has 0 aliphatic carbocycles. The number of nitrogens with zero attached hydrogens (tertiary/aromatic N) is 2. The SMILES string of the molecule is CCOC(=O)C1CCN(c2cc(-c3ccccc3)nc3sccc23)CC1. The number of aromatic nitrogens is 1. The van der Waals surface area contributed by atoms with Crippen LogP contribution in [-0.2, 0) is 9.53 Å². The molecule has 0 saturated carbocycles. The number of benzene rings is 1. The number of carbonyl (C=O) groups is 1. The molecule has 5 heteroatoms. The van der Waals surface area contributed by atoms with Crippen LogP contribution in [0.5, 0.6) is 0 Å². The number of anilines is 1. The average molecular weight is 366 g/mol. The van der Waals surface area contributed by atoms with Gasteiger partial charge < -0.3 is 9.64 Å². The van der Waals surface area contributed by atoms with Crippen molar-refractivity contribution in [3.63, 3.8) is 0 Å². The normalized spacial score (nSPS) is 15.3. The van der Waals surface area contributed by atoms with Crippen molar-refractivity contribution < 1.29 is 9.53 Å². The van der Waals surface area contributed by atoms with Crippen LogP contribution in [0.4, 0.5) is 5.69 Å². The molecular weight excluding hydrogens is 344 g/mol. The maximum Gasteiger partial charge on any atom is 0.309 e. The minimum atomic E-state index is -0.0486. The highest BCUT2D eigenvalue weighted by Gasteiger charge is 2.27. The predicted molar refractivity (Wildman–Crippen MR) is 107 cm³/mol. The molecule has 3 aromatic rings. The van der Waals surface area contributed by atoms with Crippen molar-refractivity contribution in [2.45, 2.75) is 19.8 Å². The fourth-order valence-electron chi connectivity index (χ4n) is 3.57. The van der Waals surface area contributed by atoms with Gasteiger partial charge in [-0.05, 0) is 37.3 Å². The van der Waals surface area contributed by atoms with Crippen molar-refractivity contribution in [3.8, 4) is 11.3 Å². The second-order valence-corrected chi connectivity index (χ2v) is 7.44. The topological polar surface area (TPSA) is 42.4 Å². The molecule has 4 rings (SSSR count). The Kier molecular flexibility index (Phi) is 4.89. The van der Waals surface area contributed by atoms with Crippen molar-refractivity contribution in [3.05, 3.63) is 47.8 Å². The number of ether oxygens (including phenoxy) is 1. The van der Waals surface area contributed by atoms with E-state index in [-0.39, 0.29) is 11.9 Å². The molecule has 1 fully saturated rings.